The van der Waals surface area contributed by atoms with Crippen molar-refractivity contribution in [3.8, 4) is 33.5 Å². The standard InChI is InChI=1S/C33H24N2/c1-33(2)27-12-6-4-10-25(27)32-31(33)30(26-11-5-8-14-29(26)35-32)22-17-15-21(16-18-22)24-19-23-9-3-7-13-28(23)34-20-24/h3-20H,1-2H3. The van der Waals surface area contributed by atoms with E-state index in [0.717, 1.165) is 27.7 Å². The number of hydrogen-bond acceptors (Lipinski definition) is 2. The first-order chi connectivity index (χ1) is 17.1. The van der Waals surface area contributed by atoms with E-state index in [1.165, 1.54) is 38.8 Å². The zero-order chi connectivity index (χ0) is 23.6. The van der Waals surface area contributed by atoms with Crippen molar-refractivity contribution in [3.63, 3.8) is 0 Å². The molecule has 0 saturated heterocycles. The van der Waals surface area contributed by atoms with Gasteiger partial charge in [-0.05, 0) is 46.0 Å². The molecule has 0 unspecified atom stereocenters. The SMILES string of the molecule is CC1(C)c2ccccc2-c2nc3ccccc3c(-c3ccc(-c4cnc5ccccc5c4)cc3)c21. The minimum atomic E-state index is -0.126. The molecule has 0 aliphatic heterocycles. The molecular weight excluding hydrogens is 424 g/mol. The Morgan fingerprint density at radius 2 is 1.31 bits per heavy atom. The van der Waals surface area contributed by atoms with Crippen LogP contribution >= 0.6 is 0 Å². The molecule has 1 aliphatic carbocycles. The van der Waals surface area contributed by atoms with E-state index in [-0.39, 0.29) is 5.41 Å². The maximum Gasteiger partial charge on any atom is 0.0759 e. The number of nitrogens with zero attached hydrogens (tertiary/aromatic N) is 2. The van der Waals surface area contributed by atoms with E-state index in [2.05, 4.69) is 116 Å². The minimum absolute atomic E-state index is 0.126. The van der Waals surface area contributed by atoms with Gasteiger partial charge in [-0.25, -0.2) is 4.98 Å². The highest BCUT2D eigenvalue weighted by Gasteiger charge is 2.39. The topological polar surface area (TPSA) is 25.8 Å². The van der Waals surface area contributed by atoms with Crippen LogP contribution in [0.2, 0.25) is 0 Å². The van der Waals surface area contributed by atoms with Gasteiger partial charge in [0.15, 0.2) is 0 Å². The molecule has 4 aromatic carbocycles. The van der Waals surface area contributed by atoms with Crippen molar-refractivity contribution < 1.29 is 0 Å². The summed E-state index contributed by atoms with van der Waals surface area (Å²) < 4.78 is 0. The van der Waals surface area contributed by atoms with Gasteiger partial charge in [-0.3, -0.25) is 4.98 Å². The van der Waals surface area contributed by atoms with Crippen LogP contribution in [-0.2, 0) is 5.41 Å². The van der Waals surface area contributed by atoms with Gasteiger partial charge < -0.3 is 0 Å². The number of aromatic nitrogens is 2. The minimum Gasteiger partial charge on any atom is -0.256 e. The van der Waals surface area contributed by atoms with Crippen molar-refractivity contribution in [2.24, 2.45) is 0 Å². The van der Waals surface area contributed by atoms with Crippen LogP contribution in [0.25, 0.3) is 55.3 Å². The van der Waals surface area contributed by atoms with Gasteiger partial charge >= 0.3 is 0 Å². The fraction of sp³-hybridized carbons (Fsp3) is 0.0909. The van der Waals surface area contributed by atoms with E-state index < -0.39 is 0 Å². The number of benzene rings is 4. The summed E-state index contributed by atoms with van der Waals surface area (Å²) in [6.07, 6.45) is 1.97. The molecular formula is C33H24N2. The van der Waals surface area contributed by atoms with Gasteiger partial charge in [0.05, 0.1) is 16.7 Å². The second kappa shape index (κ2) is 7.35. The lowest BCUT2D eigenvalue weighted by atomic mass is 9.78. The molecule has 6 aromatic rings. The second-order valence-electron chi connectivity index (χ2n) is 9.89. The number of rotatable bonds is 2. The molecule has 0 fully saturated rings. The van der Waals surface area contributed by atoms with Crippen LogP contribution in [0.5, 0.6) is 0 Å². The predicted octanol–water partition coefficient (Wildman–Crippen LogP) is 8.42. The Balaban J connectivity index is 1.44. The van der Waals surface area contributed by atoms with Gasteiger partial charge in [-0.2, -0.15) is 0 Å². The van der Waals surface area contributed by atoms with Crippen molar-refractivity contribution in [3.05, 3.63) is 120 Å². The van der Waals surface area contributed by atoms with Gasteiger partial charge in [0.1, 0.15) is 0 Å². The molecule has 7 rings (SSSR count). The highest BCUT2D eigenvalue weighted by Crippen LogP contribution is 2.53. The zero-order valence-electron chi connectivity index (χ0n) is 19.8. The number of pyridine rings is 2. The number of hydrogen-bond donors (Lipinski definition) is 0. The smallest absolute Gasteiger partial charge is 0.0759 e. The molecule has 0 atom stereocenters. The van der Waals surface area contributed by atoms with Crippen LogP contribution in [-0.4, -0.2) is 9.97 Å². The summed E-state index contributed by atoms with van der Waals surface area (Å²) in [4.78, 5) is 9.82. The van der Waals surface area contributed by atoms with Gasteiger partial charge in [-0.1, -0.05) is 98.8 Å². The average Bonchev–Trinajstić information content (AvgIpc) is 3.14. The van der Waals surface area contributed by atoms with E-state index >= 15 is 0 Å². The van der Waals surface area contributed by atoms with Gasteiger partial charge in [0, 0.05) is 33.5 Å². The Morgan fingerprint density at radius 3 is 2.17 bits per heavy atom. The van der Waals surface area contributed by atoms with E-state index in [0.29, 0.717) is 0 Å². The summed E-state index contributed by atoms with van der Waals surface area (Å²) in [5, 5.41) is 2.36. The van der Waals surface area contributed by atoms with Crippen LogP contribution in [0.4, 0.5) is 0 Å². The van der Waals surface area contributed by atoms with Crippen molar-refractivity contribution in [1.29, 1.82) is 0 Å². The highest BCUT2D eigenvalue weighted by molar-refractivity contribution is 6.02. The lowest BCUT2D eigenvalue weighted by Crippen LogP contribution is -2.16. The van der Waals surface area contributed by atoms with Crippen molar-refractivity contribution in [1.82, 2.24) is 9.97 Å². The predicted molar refractivity (Wildman–Crippen MR) is 145 cm³/mol. The molecule has 2 aromatic heterocycles. The summed E-state index contributed by atoms with van der Waals surface area (Å²) in [6, 6.07) is 36.7. The van der Waals surface area contributed by atoms with Crippen LogP contribution in [0.1, 0.15) is 25.0 Å². The summed E-state index contributed by atoms with van der Waals surface area (Å²) in [5.41, 5.74) is 11.8. The second-order valence-corrected chi connectivity index (χ2v) is 9.89. The molecule has 0 amide bonds. The average molecular weight is 449 g/mol. The first-order valence-corrected chi connectivity index (χ1v) is 12.1. The first-order valence-electron chi connectivity index (χ1n) is 12.1. The summed E-state index contributed by atoms with van der Waals surface area (Å²) in [5.74, 6) is 0. The highest BCUT2D eigenvalue weighted by atomic mass is 14.7. The van der Waals surface area contributed by atoms with Gasteiger partial charge in [0.2, 0.25) is 0 Å². The number of para-hydroxylation sites is 2. The molecule has 35 heavy (non-hydrogen) atoms. The molecule has 166 valence electrons. The molecule has 0 N–H and O–H groups in total. The third-order valence-electron chi connectivity index (χ3n) is 7.47. The van der Waals surface area contributed by atoms with E-state index in [1.54, 1.807) is 0 Å². The Labute approximate surface area is 204 Å². The Hall–Kier alpha value is -4.30. The van der Waals surface area contributed by atoms with Crippen molar-refractivity contribution in [2.75, 3.05) is 0 Å². The first kappa shape index (κ1) is 20.1. The van der Waals surface area contributed by atoms with E-state index in [1.807, 2.05) is 12.3 Å². The molecule has 1 aliphatic rings. The third-order valence-corrected chi connectivity index (χ3v) is 7.47. The normalized spacial score (nSPS) is 13.7. The van der Waals surface area contributed by atoms with Gasteiger partial charge in [0.25, 0.3) is 0 Å². The molecule has 2 heteroatoms. The van der Waals surface area contributed by atoms with Crippen LogP contribution < -0.4 is 0 Å². The monoisotopic (exact) mass is 448 g/mol. The van der Waals surface area contributed by atoms with Crippen molar-refractivity contribution >= 4 is 21.8 Å². The third kappa shape index (κ3) is 2.96. The largest absolute Gasteiger partial charge is 0.256 e. The number of fused-ring (bicyclic) bond motifs is 5. The Morgan fingerprint density at radius 1 is 0.629 bits per heavy atom. The molecule has 0 radical (unpaired) electrons. The lowest BCUT2D eigenvalue weighted by molar-refractivity contribution is 0.662. The quantitative estimate of drug-likeness (QED) is 0.266. The summed E-state index contributed by atoms with van der Waals surface area (Å²) >= 11 is 0. The van der Waals surface area contributed by atoms with E-state index in [9.17, 15) is 0 Å². The molecule has 0 spiro atoms. The van der Waals surface area contributed by atoms with Crippen LogP contribution in [0.3, 0.4) is 0 Å². The molecule has 2 heterocycles. The zero-order valence-corrected chi connectivity index (χ0v) is 19.8. The molecule has 2 nitrogen and oxygen atoms in total. The maximum absolute atomic E-state index is 5.16. The van der Waals surface area contributed by atoms with Crippen LogP contribution in [0, 0.1) is 0 Å². The molecule has 0 saturated carbocycles. The van der Waals surface area contributed by atoms with Crippen molar-refractivity contribution in [2.45, 2.75) is 19.3 Å². The maximum atomic E-state index is 5.16. The Kier molecular flexibility index (Phi) is 4.22. The van der Waals surface area contributed by atoms with Crippen LogP contribution in [0.15, 0.2) is 109 Å². The van der Waals surface area contributed by atoms with Gasteiger partial charge in [-0.15, -0.1) is 0 Å². The fourth-order valence-electron chi connectivity index (χ4n) is 5.74. The van der Waals surface area contributed by atoms with E-state index in [4.69, 9.17) is 4.98 Å². The molecule has 0 bridgehead atoms. The summed E-state index contributed by atoms with van der Waals surface area (Å²) in [6.45, 7) is 4.65. The lowest BCUT2D eigenvalue weighted by Gasteiger charge is -2.25. The summed E-state index contributed by atoms with van der Waals surface area (Å²) in [7, 11) is 0. The Bertz CT molecular complexity index is 1760. The fourth-order valence-corrected chi connectivity index (χ4v) is 5.74.